The lowest BCUT2D eigenvalue weighted by Crippen LogP contribution is -2.28. The van der Waals surface area contributed by atoms with Crippen molar-refractivity contribution in [2.24, 2.45) is 0 Å². The normalized spacial score (nSPS) is 11.4. The van der Waals surface area contributed by atoms with E-state index in [0.717, 1.165) is 17.8 Å². The average Bonchev–Trinajstić information content (AvgIpc) is 2.40. The Morgan fingerprint density at radius 2 is 1.89 bits per heavy atom. The molecule has 7 heteroatoms. The molecular weight excluding hydrogens is 268 g/mol. The zero-order valence-corrected chi connectivity index (χ0v) is 10.7. The van der Waals surface area contributed by atoms with Crippen molar-refractivity contribution in [3.63, 3.8) is 0 Å². The van der Waals surface area contributed by atoms with Gasteiger partial charge < -0.3 is 4.98 Å². The zero-order chi connectivity index (χ0) is 13.7. The number of nitrogens with one attached hydrogen (secondary N) is 2. The van der Waals surface area contributed by atoms with Gasteiger partial charge in [0.15, 0.2) is 0 Å². The molecule has 100 valence electrons. The first-order valence-corrected chi connectivity index (χ1v) is 6.92. The summed E-state index contributed by atoms with van der Waals surface area (Å²) >= 11 is 0. The Hall–Kier alpha value is -1.96. The molecular formula is C12H12N2O4S. The highest BCUT2D eigenvalue weighted by Crippen LogP contribution is 2.03. The fraction of sp³-hybridized carbons (Fsp3) is 0.0833. The van der Waals surface area contributed by atoms with Gasteiger partial charge in [-0.25, -0.2) is 8.42 Å². The van der Waals surface area contributed by atoms with Gasteiger partial charge in [0.25, 0.3) is 10.0 Å². The molecule has 0 aliphatic carbocycles. The van der Waals surface area contributed by atoms with E-state index < -0.39 is 15.5 Å². The van der Waals surface area contributed by atoms with Crippen molar-refractivity contribution in [3.8, 4) is 0 Å². The van der Waals surface area contributed by atoms with E-state index in [2.05, 4.69) is 4.98 Å². The standard InChI is InChI=1S/C12H12N2O4S/c15-11-6-7-13-8-12(11)19(16,17)14-18-9-10-4-2-1-3-5-10/h1-8,14H,9H2,(H,13,15). The summed E-state index contributed by atoms with van der Waals surface area (Å²) in [5.74, 6) is 0. The van der Waals surface area contributed by atoms with Crippen LogP contribution in [0.25, 0.3) is 0 Å². The molecule has 1 aromatic heterocycles. The van der Waals surface area contributed by atoms with Crippen molar-refractivity contribution >= 4 is 10.0 Å². The van der Waals surface area contributed by atoms with Gasteiger partial charge in [-0.3, -0.25) is 9.63 Å². The van der Waals surface area contributed by atoms with E-state index in [1.807, 2.05) is 23.1 Å². The van der Waals surface area contributed by atoms with E-state index in [0.29, 0.717) is 0 Å². The number of pyridine rings is 1. The lowest BCUT2D eigenvalue weighted by molar-refractivity contribution is 0.0795. The minimum Gasteiger partial charge on any atom is -0.366 e. The van der Waals surface area contributed by atoms with Gasteiger partial charge in [0, 0.05) is 18.5 Å². The minimum absolute atomic E-state index is 0.0742. The molecule has 0 saturated carbocycles. The molecule has 6 nitrogen and oxygen atoms in total. The number of sulfonamides is 1. The van der Waals surface area contributed by atoms with E-state index in [9.17, 15) is 13.2 Å². The molecule has 0 spiro atoms. The summed E-state index contributed by atoms with van der Waals surface area (Å²) in [6.07, 6.45) is 2.46. The van der Waals surface area contributed by atoms with Crippen LogP contribution in [-0.4, -0.2) is 13.4 Å². The third-order valence-corrected chi connectivity index (χ3v) is 3.56. The molecule has 2 rings (SSSR count). The van der Waals surface area contributed by atoms with Gasteiger partial charge in [-0.2, -0.15) is 0 Å². The molecule has 1 heterocycles. The smallest absolute Gasteiger partial charge is 0.267 e. The Morgan fingerprint density at radius 1 is 1.16 bits per heavy atom. The van der Waals surface area contributed by atoms with Gasteiger partial charge in [0.2, 0.25) is 5.43 Å². The molecule has 0 atom stereocenters. The monoisotopic (exact) mass is 280 g/mol. The second kappa shape index (κ2) is 5.79. The summed E-state index contributed by atoms with van der Waals surface area (Å²) in [7, 11) is -3.98. The number of hydrogen-bond donors (Lipinski definition) is 2. The average molecular weight is 280 g/mol. The summed E-state index contributed by atoms with van der Waals surface area (Å²) in [6.45, 7) is 0.0742. The lowest BCUT2D eigenvalue weighted by Gasteiger charge is -2.06. The number of rotatable bonds is 5. The molecule has 0 saturated heterocycles. The molecule has 0 amide bonds. The van der Waals surface area contributed by atoms with Crippen LogP contribution in [0.15, 0.2) is 58.5 Å². The molecule has 0 fully saturated rings. The third kappa shape index (κ3) is 3.50. The van der Waals surface area contributed by atoms with Gasteiger partial charge in [-0.15, -0.1) is 0 Å². The van der Waals surface area contributed by atoms with Crippen molar-refractivity contribution in [2.45, 2.75) is 11.5 Å². The predicted octanol–water partition coefficient (Wildman–Crippen LogP) is 0.785. The number of H-pyrrole nitrogens is 1. The van der Waals surface area contributed by atoms with Crippen LogP contribution < -0.4 is 10.3 Å². The first-order valence-electron chi connectivity index (χ1n) is 5.44. The highest BCUT2D eigenvalue weighted by molar-refractivity contribution is 7.89. The van der Waals surface area contributed by atoms with Crippen LogP contribution in [0.1, 0.15) is 5.56 Å². The number of aromatic nitrogens is 1. The molecule has 0 aliphatic rings. The SMILES string of the molecule is O=c1cc[nH]cc1S(=O)(=O)NOCc1ccccc1. The maximum atomic E-state index is 11.8. The summed E-state index contributed by atoms with van der Waals surface area (Å²) in [6, 6.07) is 10.2. The molecule has 2 aromatic rings. The van der Waals surface area contributed by atoms with E-state index in [-0.39, 0.29) is 11.5 Å². The van der Waals surface area contributed by atoms with Crippen LogP contribution in [0.2, 0.25) is 0 Å². The Labute approximate surface area is 110 Å². The van der Waals surface area contributed by atoms with Crippen LogP contribution in [0.5, 0.6) is 0 Å². The van der Waals surface area contributed by atoms with Crippen LogP contribution in [0, 0.1) is 0 Å². The summed E-state index contributed by atoms with van der Waals surface area (Å²) in [4.78, 5) is 20.4. The van der Waals surface area contributed by atoms with Crippen LogP contribution in [0.3, 0.4) is 0 Å². The quantitative estimate of drug-likeness (QED) is 0.792. The largest absolute Gasteiger partial charge is 0.366 e. The fourth-order valence-electron chi connectivity index (χ4n) is 1.42. The molecule has 0 bridgehead atoms. The maximum absolute atomic E-state index is 11.8. The Bertz CT molecular complexity index is 695. The minimum atomic E-state index is -3.98. The molecule has 0 aliphatic heterocycles. The highest BCUT2D eigenvalue weighted by atomic mass is 32.2. The van der Waals surface area contributed by atoms with Gasteiger partial charge in [-0.05, 0) is 5.56 Å². The van der Waals surface area contributed by atoms with Crippen LogP contribution in [0.4, 0.5) is 0 Å². The molecule has 1 aromatic carbocycles. The van der Waals surface area contributed by atoms with E-state index in [1.165, 1.54) is 6.20 Å². The Balaban J connectivity index is 2.03. The van der Waals surface area contributed by atoms with Gasteiger partial charge in [0.1, 0.15) is 4.90 Å². The van der Waals surface area contributed by atoms with E-state index >= 15 is 0 Å². The molecule has 0 radical (unpaired) electrons. The number of hydrogen-bond acceptors (Lipinski definition) is 4. The maximum Gasteiger partial charge on any atom is 0.267 e. The third-order valence-electron chi connectivity index (χ3n) is 2.33. The topological polar surface area (TPSA) is 88.3 Å². The predicted molar refractivity (Wildman–Crippen MR) is 68.6 cm³/mol. The fourth-order valence-corrected chi connectivity index (χ4v) is 2.28. The molecule has 0 unspecified atom stereocenters. The molecule has 19 heavy (non-hydrogen) atoms. The summed E-state index contributed by atoms with van der Waals surface area (Å²) < 4.78 is 23.6. The second-order valence-electron chi connectivity index (χ2n) is 3.73. The van der Waals surface area contributed by atoms with Crippen molar-refractivity contribution in [3.05, 3.63) is 64.6 Å². The van der Waals surface area contributed by atoms with Crippen molar-refractivity contribution in [2.75, 3.05) is 0 Å². The Kier molecular flexibility index (Phi) is 4.10. The second-order valence-corrected chi connectivity index (χ2v) is 5.35. The Morgan fingerprint density at radius 3 is 2.58 bits per heavy atom. The van der Waals surface area contributed by atoms with Crippen molar-refractivity contribution < 1.29 is 13.3 Å². The number of benzene rings is 1. The van der Waals surface area contributed by atoms with E-state index in [1.54, 1.807) is 12.1 Å². The first kappa shape index (κ1) is 13.5. The number of aromatic amines is 1. The molecule has 2 N–H and O–H groups in total. The summed E-state index contributed by atoms with van der Waals surface area (Å²) in [5.41, 5.74) is 0.210. The van der Waals surface area contributed by atoms with Gasteiger partial charge in [0.05, 0.1) is 6.61 Å². The zero-order valence-electron chi connectivity index (χ0n) is 9.87. The first-order chi connectivity index (χ1) is 9.09. The summed E-state index contributed by atoms with van der Waals surface area (Å²) in [5, 5.41) is 0. The van der Waals surface area contributed by atoms with E-state index in [4.69, 9.17) is 4.84 Å². The van der Waals surface area contributed by atoms with Crippen molar-refractivity contribution in [1.82, 2.24) is 9.87 Å². The van der Waals surface area contributed by atoms with Crippen LogP contribution >= 0.6 is 0 Å². The van der Waals surface area contributed by atoms with Gasteiger partial charge in [-0.1, -0.05) is 35.2 Å². The van der Waals surface area contributed by atoms with Gasteiger partial charge >= 0.3 is 0 Å². The highest BCUT2D eigenvalue weighted by Gasteiger charge is 2.17. The lowest BCUT2D eigenvalue weighted by atomic mass is 10.2. The van der Waals surface area contributed by atoms with Crippen molar-refractivity contribution in [1.29, 1.82) is 0 Å². The van der Waals surface area contributed by atoms with Crippen LogP contribution in [-0.2, 0) is 21.5 Å².